The third kappa shape index (κ3) is 3.83. The van der Waals surface area contributed by atoms with E-state index in [1.54, 1.807) is 0 Å². The van der Waals surface area contributed by atoms with Crippen molar-refractivity contribution in [3.05, 3.63) is 113 Å². The summed E-state index contributed by atoms with van der Waals surface area (Å²) in [5.74, 6) is 0.269. The predicted octanol–water partition coefficient (Wildman–Crippen LogP) is 6.54. The van der Waals surface area contributed by atoms with Crippen LogP contribution in [0.3, 0.4) is 0 Å². The van der Waals surface area contributed by atoms with Crippen molar-refractivity contribution in [2.75, 3.05) is 0 Å². The highest BCUT2D eigenvalue weighted by molar-refractivity contribution is 5.65. The quantitative estimate of drug-likeness (QED) is 0.513. The summed E-state index contributed by atoms with van der Waals surface area (Å²) in [4.78, 5) is 0. The van der Waals surface area contributed by atoms with Gasteiger partial charge < -0.3 is 0 Å². The van der Waals surface area contributed by atoms with Gasteiger partial charge in [0.2, 0.25) is 0 Å². The molecule has 0 nitrogen and oxygen atoms in total. The number of aryl methyl sites for hydroxylation is 2. The van der Waals surface area contributed by atoms with Gasteiger partial charge >= 0.3 is 0 Å². The lowest BCUT2D eigenvalue weighted by Crippen LogP contribution is -2.00. The largest absolute Gasteiger partial charge is 0.0691 e. The van der Waals surface area contributed by atoms with Crippen molar-refractivity contribution in [2.24, 2.45) is 0 Å². The van der Waals surface area contributed by atoms with Crippen LogP contribution in [-0.2, 0) is 0 Å². The zero-order valence-electron chi connectivity index (χ0n) is 14.7. The Hall–Kier alpha value is -2.60. The molecule has 0 radical (unpaired) electrons. The summed E-state index contributed by atoms with van der Waals surface area (Å²) in [6.45, 7) is 6.55. The molecule has 3 rings (SSSR count). The van der Waals surface area contributed by atoms with Crippen LogP contribution in [0.2, 0.25) is 0 Å². The molecule has 0 aliphatic rings. The molecule has 0 aliphatic carbocycles. The van der Waals surface area contributed by atoms with E-state index in [2.05, 4.69) is 106 Å². The number of allylic oxidation sites excluding steroid dienone is 2. The second kappa shape index (κ2) is 7.31. The summed E-state index contributed by atoms with van der Waals surface area (Å²) >= 11 is 0. The predicted molar refractivity (Wildman–Crippen MR) is 104 cm³/mol. The van der Waals surface area contributed by atoms with Crippen LogP contribution in [0.4, 0.5) is 0 Å². The minimum Gasteiger partial charge on any atom is -0.0691 e. The fourth-order valence-electron chi connectivity index (χ4n) is 3.28. The second-order valence-corrected chi connectivity index (χ2v) is 6.53. The smallest absolute Gasteiger partial charge is 0.0275 e. The van der Waals surface area contributed by atoms with Gasteiger partial charge in [0.15, 0.2) is 0 Å². The minimum absolute atomic E-state index is 0.269. The first kappa shape index (κ1) is 16.3. The fourth-order valence-corrected chi connectivity index (χ4v) is 3.28. The van der Waals surface area contributed by atoms with Gasteiger partial charge in [-0.1, -0.05) is 96.1 Å². The van der Waals surface area contributed by atoms with Crippen LogP contribution < -0.4 is 0 Å². The first-order chi connectivity index (χ1) is 11.6. The van der Waals surface area contributed by atoms with Crippen LogP contribution in [0.15, 0.2) is 84.9 Å². The zero-order valence-corrected chi connectivity index (χ0v) is 14.7. The van der Waals surface area contributed by atoms with Gasteiger partial charge in [-0.05, 0) is 43.0 Å². The Morgan fingerprint density at radius 3 is 1.83 bits per heavy atom. The van der Waals surface area contributed by atoms with Crippen LogP contribution in [-0.4, -0.2) is 0 Å². The van der Waals surface area contributed by atoms with E-state index in [0.717, 1.165) is 0 Å². The van der Waals surface area contributed by atoms with Crippen molar-refractivity contribution in [3.63, 3.8) is 0 Å². The van der Waals surface area contributed by atoms with E-state index in [-0.39, 0.29) is 5.92 Å². The maximum Gasteiger partial charge on any atom is 0.0275 e. The van der Waals surface area contributed by atoms with E-state index in [1.165, 1.54) is 33.4 Å². The Kier molecular flexibility index (Phi) is 4.96. The summed E-state index contributed by atoms with van der Waals surface area (Å²) in [6.07, 6.45) is 2.39. The molecule has 0 amide bonds. The Balaban J connectivity index is 2.09. The van der Waals surface area contributed by atoms with Crippen molar-refractivity contribution in [1.82, 2.24) is 0 Å². The molecule has 0 N–H and O–H groups in total. The monoisotopic (exact) mass is 312 g/mol. The molecule has 3 aromatic rings. The van der Waals surface area contributed by atoms with Gasteiger partial charge in [-0.3, -0.25) is 0 Å². The van der Waals surface area contributed by atoms with Gasteiger partial charge in [0.25, 0.3) is 0 Å². The molecular formula is C24H24. The Labute approximate surface area is 145 Å². The van der Waals surface area contributed by atoms with Crippen LogP contribution in [0, 0.1) is 13.8 Å². The van der Waals surface area contributed by atoms with E-state index < -0.39 is 0 Å². The van der Waals surface area contributed by atoms with Crippen LogP contribution in [0.25, 0.3) is 5.57 Å². The number of benzene rings is 3. The van der Waals surface area contributed by atoms with Crippen LogP contribution in [0.5, 0.6) is 0 Å². The van der Waals surface area contributed by atoms with Crippen molar-refractivity contribution >= 4 is 5.57 Å². The molecule has 0 saturated heterocycles. The molecule has 0 saturated carbocycles. The first-order valence-electron chi connectivity index (χ1n) is 8.50. The molecule has 1 unspecified atom stereocenters. The van der Waals surface area contributed by atoms with Crippen molar-refractivity contribution in [1.29, 1.82) is 0 Å². The van der Waals surface area contributed by atoms with Gasteiger partial charge in [-0.2, -0.15) is 0 Å². The lowest BCUT2D eigenvalue weighted by atomic mass is 9.87. The SMILES string of the molecule is C/C(=C\C(c1ccccc1)c1cc(C)cc(C)c1)c1ccccc1. The highest BCUT2D eigenvalue weighted by Crippen LogP contribution is 2.30. The molecule has 0 aliphatic heterocycles. The Bertz CT molecular complexity index is 806. The maximum absolute atomic E-state index is 2.39. The summed E-state index contributed by atoms with van der Waals surface area (Å²) in [7, 11) is 0. The lowest BCUT2D eigenvalue weighted by Gasteiger charge is -2.17. The molecule has 3 aromatic carbocycles. The maximum atomic E-state index is 2.39. The number of rotatable bonds is 4. The van der Waals surface area contributed by atoms with E-state index in [1.807, 2.05) is 0 Å². The van der Waals surface area contributed by atoms with E-state index >= 15 is 0 Å². The second-order valence-electron chi connectivity index (χ2n) is 6.53. The van der Waals surface area contributed by atoms with Gasteiger partial charge in [-0.15, -0.1) is 0 Å². The molecule has 24 heavy (non-hydrogen) atoms. The summed E-state index contributed by atoms with van der Waals surface area (Å²) in [5.41, 5.74) is 7.91. The average Bonchev–Trinajstić information content (AvgIpc) is 2.60. The third-order valence-electron chi connectivity index (χ3n) is 4.41. The minimum atomic E-state index is 0.269. The number of hydrogen-bond acceptors (Lipinski definition) is 0. The highest BCUT2D eigenvalue weighted by atomic mass is 14.2. The molecule has 0 bridgehead atoms. The summed E-state index contributed by atoms with van der Waals surface area (Å²) in [5, 5.41) is 0. The molecular weight excluding hydrogens is 288 g/mol. The molecule has 0 heteroatoms. The summed E-state index contributed by atoms with van der Waals surface area (Å²) < 4.78 is 0. The van der Waals surface area contributed by atoms with Crippen LogP contribution >= 0.6 is 0 Å². The van der Waals surface area contributed by atoms with Gasteiger partial charge in [0, 0.05) is 5.92 Å². The normalized spacial score (nSPS) is 12.9. The van der Waals surface area contributed by atoms with Crippen molar-refractivity contribution in [2.45, 2.75) is 26.7 Å². The molecule has 0 fully saturated rings. The van der Waals surface area contributed by atoms with Crippen LogP contribution in [0.1, 0.15) is 40.7 Å². The van der Waals surface area contributed by atoms with Crippen molar-refractivity contribution < 1.29 is 0 Å². The highest BCUT2D eigenvalue weighted by Gasteiger charge is 2.13. The molecule has 0 aromatic heterocycles. The van der Waals surface area contributed by atoms with E-state index in [0.29, 0.717) is 0 Å². The van der Waals surface area contributed by atoms with Gasteiger partial charge in [0.1, 0.15) is 0 Å². The third-order valence-corrected chi connectivity index (χ3v) is 4.41. The van der Waals surface area contributed by atoms with E-state index in [4.69, 9.17) is 0 Å². The topological polar surface area (TPSA) is 0 Å². The fraction of sp³-hybridized carbons (Fsp3) is 0.167. The van der Waals surface area contributed by atoms with Crippen molar-refractivity contribution in [3.8, 4) is 0 Å². The van der Waals surface area contributed by atoms with Gasteiger partial charge in [-0.25, -0.2) is 0 Å². The Morgan fingerprint density at radius 2 is 1.25 bits per heavy atom. The average molecular weight is 312 g/mol. The molecule has 0 spiro atoms. The lowest BCUT2D eigenvalue weighted by molar-refractivity contribution is 1.02. The van der Waals surface area contributed by atoms with Gasteiger partial charge in [0.05, 0.1) is 0 Å². The van der Waals surface area contributed by atoms with E-state index in [9.17, 15) is 0 Å². The molecule has 120 valence electrons. The summed E-state index contributed by atoms with van der Waals surface area (Å²) in [6, 6.07) is 28.2. The molecule has 0 heterocycles. The zero-order chi connectivity index (χ0) is 16.9. The number of hydrogen-bond donors (Lipinski definition) is 0. The standard InChI is InChI=1S/C24H24/c1-18-14-19(2)16-23(15-18)24(22-12-8-5-9-13-22)17-20(3)21-10-6-4-7-11-21/h4-17,24H,1-3H3/b20-17+. The first-order valence-corrected chi connectivity index (χ1v) is 8.50. The molecule has 1 atom stereocenters. The Morgan fingerprint density at radius 1 is 0.708 bits per heavy atom.